The molecule has 4 rings (SSSR count). The lowest BCUT2D eigenvalue weighted by Crippen LogP contribution is -2.15. The normalized spacial score (nSPS) is 11.0. The van der Waals surface area contributed by atoms with Crippen molar-refractivity contribution in [2.24, 2.45) is 5.73 Å². The molecule has 2 aromatic heterocycles. The smallest absolute Gasteiger partial charge is 0.268 e. The number of nitrogens with zero attached hydrogens (tertiary/aromatic N) is 2. The number of pyridine rings is 2. The molecule has 4 nitrogen and oxygen atoms in total. The average Bonchev–Trinajstić information content (AvgIpc) is 2.60. The van der Waals surface area contributed by atoms with E-state index in [2.05, 4.69) is 9.97 Å². The van der Waals surface area contributed by atoms with E-state index in [-0.39, 0.29) is 5.69 Å². The number of hydrogen-bond donors (Lipinski definition) is 1. The quantitative estimate of drug-likeness (QED) is 0.615. The van der Waals surface area contributed by atoms with Gasteiger partial charge < -0.3 is 5.73 Å². The van der Waals surface area contributed by atoms with Gasteiger partial charge in [0.05, 0.1) is 16.7 Å². The van der Waals surface area contributed by atoms with Crippen LogP contribution in [0.15, 0.2) is 66.7 Å². The fraction of sp³-hybridized carbons (Fsp3) is 0. The number of carbonyl (C=O) groups is 1. The molecule has 0 bridgehead atoms. The van der Waals surface area contributed by atoms with E-state index in [0.29, 0.717) is 11.3 Å². The van der Waals surface area contributed by atoms with E-state index < -0.39 is 5.91 Å². The molecule has 0 saturated carbocycles. The van der Waals surface area contributed by atoms with Crippen molar-refractivity contribution in [3.63, 3.8) is 0 Å². The highest BCUT2D eigenvalue weighted by Crippen LogP contribution is 2.26. The zero-order valence-electron chi connectivity index (χ0n) is 12.2. The summed E-state index contributed by atoms with van der Waals surface area (Å²) < 4.78 is 0. The number of hydrogen-bond acceptors (Lipinski definition) is 3. The van der Waals surface area contributed by atoms with Gasteiger partial charge in [-0.2, -0.15) is 0 Å². The zero-order valence-corrected chi connectivity index (χ0v) is 12.2. The van der Waals surface area contributed by atoms with Gasteiger partial charge in [-0.1, -0.05) is 42.5 Å². The maximum absolute atomic E-state index is 11.8. The summed E-state index contributed by atoms with van der Waals surface area (Å²) in [4.78, 5) is 20.9. The Hall–Kier alpha value is -3.27. The van der Waals surface area contributed by atoms with Crippen LogP contribution in [-0.2, 0) is 0 Å². The summed E-state index contributed by atoms with van der Waals surface area (Å²) in [5, 5.41) is 1.99. The Kier molecular flexibility index (Phi) is 3.01. The fourth-order valence-corrected chi connectivity index (χ4v) is 2.72. The number of primary amides is 1. The number of rotatable bonds is 2. The minimum Gasteiger partial charge on any atom is -0.364 e. The highest BCUT2D eigenvalue weighted by Gasteiger charge is 2.15. The maximum atomic E-state index is 11.8. The number of aromatic nitrogens is 2. The molecule has 0 aliphatic carbocycles. The Bertz CT molecular complexity index is 1060. The summed E-state index contributed by atoms with van der Waals surface area (Å²) in [7, 11) is 0. The fourth-order valence-electron chi connectivity index (χ4n) is 2.72. The van der Waals surface area contributed by atoms with Crippen molar-refractivity contribution in [1.82, 2.24) is 9.97 Å². The summed E-state index contributed by atoms with van der Waals surface area (Å²) in [6.07, 6.45) is 0. The van der Waals surface area contributed by atoms with Gasteiger partial charge in [-0.15, -0.1) is 0 Å². The lowest BCUT2D eigenvalue weighted by atomic mass is 10.0. The van der Waals surface area contributed by atoms with Crippen molar-refractivity contribution in [2.45, 2.75) is 0 Å². The summed E-state index contributed by atoms with van der Waals surface area (Å²) in [5.41, 5.74) is 8.72. The van der Waals surface area contributed by atoms with Crippen LogP contribution >= 0.6 is 0 Å². The zero-order chi connectivity index (χ0) is 15.8. The second-order valence-electron chi connectivity index (χ2n) is 5.33. The minimum atomic E-state index is -0.555. The molecule has 0 radical (unpaired) electrons. The maximum Gasteiger partial charge on any atom is 0.268 e. The molecule has 2 heterocycles. The number of nitrogens with two attached hydrogens (primary N) is 1. The molecule has 0 fully saturated rings. The molecule has 23 heavy (non-hydrogen) atoms. The van der Waals surface area contributed by atoms with Gasteiger partial charge in [-0.25, -0.2) is 9.97 Å². The van der Waals surface area contributed by atoms with E-state index in [1.165, 1.54) is 0 Å². The Balaban J connectivity index is 2.01. The first-order chi connectivity index (χ1) is 11.2. The van der Waals surface area contributed by atoms with Crippen LogP contribution in [0, 0.1) is 0 Å². The van der Waals surface area contributed by atoms with E-state index in [9.17, 15) is 4.79 Å². The first kappa shape index (κ1) is 13.4. The van der Waals surface area contributed by atoms with Crippen molar-refractivity contribution in [2.75, 3.05) is 0 Å². The monoisotopic (exact) mass is 299 g/mol. The van der Waals surface area contributed by atoms with E-state index in [1.54, 1.807) is 0 Å². The van der Waals surface area contributed by atoms with Crippen LogP contribution in [0.2, 0.25) is 0 Å². The molecule has 0 unspecified atom stereocenters. The van der Waals surface area contributed by atoms with Crippen molar-refractivity contribution in [1.29, 1.82) is 0 Å². The molecule has 1 amide bonds. The summed E-state index contributed by atoms with van der Waals surface area (Å²) in [5.74, 6) is -0.555. The molecule has 110 valence electrons. The van der Waals surface area contributed by atoms with Gasteiger partial charge in [-0.3, -0.25) is 4.79 Å². The molecule has 0 atom stereocenters. The van der Waals surface area contributed by atoms with Gasteiger partial charge >= 0.3 is 0 Å². The van der Waals surface area contributed by atoms with Crippen molar-refractivity contribution in [3.8, 4) is 11.3 Å². The standard InChI is InChI=1S/C19H13N3O/c20-19(23)18-14(11-13-6-2-4-8-16(13)22-18)17-10-9-12-5-1-3-7-15(12)21-17/h1-11H,(H2,20,23). The minimum absolute atomic E-state index is 0.242. The third kappa shape index (κ3) is 2.30. The van der Waals surface area contributed by atoms with Crippen molar-refractivity contribution in [3.05, 3.63) is 72.4 Å². The van der Waals surface area contributed by atoms with Gasteiger partial charge in [0.1, 0.15) is 5.69 Å². The third-order valence-corrected chi connectivity index (χ3v) is 3.83. The highest BCUT2D eigenvalue weighted by atomic mass is 16.1. The molecule has 0 aliphatic heterocycles. The van der Waals surface area contributed by atoms with Crippen LogP contribution in [0.4, 0.5) is 0 Å². The van der Waals surface area contributed by atoms with Gasteiger partial charge in [-0.05, 0) is 24.3 Å². The molecule has 4 aromatic rings. The predicted molar refractivity (Wildman–Crippen MR) is 91.0 cm³/mol. The summed E-state index contributed by atoms with van der Waals surface area (Å²) in [6, 6.07) is 21.3. The predicted octanol–water partition coefficient (Wildman–Crippen LogP) is 3.55. The number of para-hydroxylation sites is 2. The second-order valence-corrected chi connectivity index (χ2v) is 5.33. The van der Waals surface area contributed by atoms with Crippen LogP contribution < -0.4 is 5.73 Å². The van der Waals surface area contributed by atoms with Crippen LogP contribution in [0.25, 0.3) is 33.1 Å². The van der Waals surface area contributed by atoms with Gasteiger partial charge in [0.25, 0.3) is 5.91 Å². The van der Waals surface area contributed by atoms with E-state index in [0.717, 1.165) is 21.8 Å². The number of carbonyl (C=O) groups excluding carboxylic acids is 1. The average molecular weight is 299 g/mol. The first-order valence-electron chi connectivity index (χ1n) is 7.28. The molecule has 4 heteroatoms. The van der Waals surface area contributed by atoms with Gasteiger partial charge in [0.15, 0.2) is 0 Å². The van der Waals surface area contributed by atoms with E-state index in [4.69, 9.17) is 5.73 Å². The molecule has 0 saturated heterocycles. The topological polar surface area (TPSA) is 68.9 Å². The lowest BCUT2D eigenvalue weighted by molar-refractivity contribution is 0.0996. The van der Waals surface area contributed by atoms with E-state index in [1.807, 2.05) is 66.7 Å². The largest absolute Gasteiger partial charge is 0.364 e. The number of fused-ring (bicyclic) bond motifs is 2. The number of benzene rings is 2. The number of amides is 1. The highest BCUT2D eigenvalue weighted by molar-refractivity contribution is 6.01. The van der Waals surface area contributed by atoms with Crippen LogP contribution in [0.1, 0.15) is 10.5 Å². The Morgan fingerprint density at radius 1 is 0.783 bits per heavy atom. The van der Waals surface area contributed by atoms with Crippen molar-refractivity contribution < 1.29 is 4.79 Å². The second kappa shape index (κ2) is 5.18. The molecular formula is C19H13N3O. The molecule has 2 aromatic carbocycles. The molecule has 0 spiro atoms. The Morgan fingerprint density at radius 3 is 2.17 bits per heavy atom. The summed E-state index contributed by atoms with van der Waals surface area (Å²) in [6.45, 7) is 0. The first-order valence-corrected chi connectivity index (χ1v) is 7.28. The molecule has 0 aliphatic rings. The lowest BCUT2D eigenvalue weighted by Gasteiger charge is -2.09. The molecular weight excluding hydrogens is 286 g/mol. The molecule has 2 N–H and O–H groups in total. The van der Waals surface area contributed by atoms with E-state index >= 15 is 0 Å². The Morgan fingerprint density at radius 2 is 1.43 bits per heavy atom. The third-order valence-electron chi connectivity index (χ3n) is 3.83. The SMILES string of the molecule is NC(=O)c1nc2ccccc2cc1-c1ccc2ccccc2n1. The summed E-state index contributed by atoms with van der Waals surface area (Å²) >= 11 is 0. The van der Waals surface area contributed by atoms with Crippen LogP contribution in [0.5, 0.6) is 0 Å². The van der Waals surface area contributed by atoms with Crippen LogP contribution in [0.3, 0.4) is 0 Å². The van der Waals surface area contributed by atoms with Crippen molar-refractivity contribution >= 4 is 27.7 Å². The Labute approximate surface area is 132 Å². The van der Waals surface area contributed by atoms with Gasteiger partial charge in [0, 0.05) is 16.3 Å². The van der Waals surface area contributed by atoms with Crippen LogP contribution in [-0.4, -0.2) is 15.9 Å². The van der Waals surface area contributed by atoms with Gasteiger partial charge in [0.2, 0.25) is 0 Å².